The van der Waals surface area contributed by atoms with E-state index in [0.717, 1.165) is 38.8 Å². The quantitative estimate of drug-likeness (QED) is 0.731. The maximum atomic E-state index is 12.9. The zero-order chi connectivity index (χ0) is 14.9. The second-order valence-corrected chi connectivity index (χ2v) is 8.79. The van der Waals surface area contributed by atoms with E-state index < -0.39 is 10.2 Å². The molecule has 1 unspecified atom stereocenters. The van der Waals surface area contributed by atoms with Crippen molar-refractivity contribution in [1.82, 2.24) is 13.5 Å². The van der Waals surface area contributed by atoms with Crippen molar-refractivity contribution in [3.8, 4) is 0 Å². The van der Waals surface area contributed by atoms with Gasteiger partial charge in [-0.2, -0.15) is 17.0 Å². The molecule has 0 bridgehead atoms. The van der Waals surface area contributed by atoms with Gasteiger partial charge in [0.2, 0.25) is 0 Å². The molecule has 0 aromatic rings. The Morgan fingerprint density at radius 1 is 0.905 bits per heavy atom. The molecule has 0 saturated carbocycles. The molecule has 0 aromatic carbocycles. The molecule has 3 fully saturated rings. The summed E-state index contributed by atoms with van der Waals surface area (Å²) in [5, 5.41) is 0. The zero-order valence-electron chi connectivity index (χ0n) is 12.6. The fourth-order valence-electron chi connectivity index (χ4n) is 3.84. The highest BCUT2D eigenvalue weighted by Gasteiger charge is 2.37. The van der Waals surface area contributed by atoms with Gasteiger partial charge in [0.15, 0.2) is 0 Å². The lowest BCUT2D eigenvalue weighted by Crippen LogP contribution is -2.49. The van der Waals surface area contributed by atoms with E-state index in [4.69, 9.17) is 11.6 Å². The van der Waals surface area contributed by atoms with E-state index >= 15 is 0 Å². The smallest absolute Gasteiger partial charge is 0.282 e. The first-order valence-corrected chi connectivity index (χ1v) is 10.1. The van der Waals surface area contributed by atoms with Crippen LogP contribution in [0.4, 0.5) is 0 Å². The van der Waals surface area contributed by atoms with Crippen molar-refractivity contribution < 1.29 is 8.42 Å². The minimum Gasteiger partial charge on any atom is -0.299 e. The summed E-state index contributed by atoms with van der Waals surface area (Å²) in [7, 11) is -3.28. The summed E-state index contributed by atoms with van der Waals surface area (Å²) < 4.78 is 29.2. The lowest BCUT2D eigenvalue weighted by atomic mass is 10.0. The molecule has 21 heavy (non-hydrogen) atoms. The number of alkyl halides is 1. The number of nitrogens with zero attached hydrogens (tertiary/aromatic N) is 3. The topological polar surface area (TPSA) is 43.9 Å². The van der Waals surface area contributed by atoms with Crippen LogP contribution in [0.5, 0.6) is 0 Å². The number of fused-ring (bicyclic) bond motifs is 1. The van der Waals surface area contributed by atoms with Gasteiger partial charge in [-0.1, -0.05) is 0 Å². The number of halogens is 1. The monoisotopic (exact) mass is 335 g/mol. The Kier molecular flexibility index (Phi) is 5.11. The first-order chi connectivity index (χ1) is 10.1. The molecule has 3 aliphatic heterocycles. The summed E-state index contributed by atoms with van der Waals surface area (Å²) >= 11 is 5.89. The molecule has 3 heterocycles. The molecule has 0 amide bonds. The summed E-state index contributed by atoms with van der Waals surface area (Å²) in [5.41, 5.74) is 0. The van der Waals surface area contributed by atoms with Crippen LogP contribution in [0.2, 0.25) is 0 Å². The molecule has 7 heteroatoms. The highest BCUT2D eigenvalue weighted by atomic mass is 35.5. The molecule has 122 valence electrons. The Morgan fingerprint density at radius 2 is 1.62 bits per heavy atom. The summed E-state index contributed by atoms with van der Waals surface area (Å²) in [6.45, 7) is 4.79. The number of hydrogen-bond donors (Lipinski definition) is 0. The van der Waals surface area contributed by atoms with Crippen molar-refractivity contribution in [3.63, 3.8) is 0 Å². The highest BCUT2D eigenvalue weighted by molar-refractivity contribution is 7.86. The molecule has 1 atom stereocenters. The van der Waals surface area contributed by atoms with Gasteiger partial charge >= 0.3 is 0 Å². The number of rotatable bonds is 3. The predicted octanol–water partition coefficient (Wildman–Crippen LogP) is 1.35. The first-order valence-electron chi connectivity index (χ1n) is 8.16. The summed E-state index contributed by atoms with van der Waals surface area (Å²) in [6, 6.07) is 0.433. The molecule has 0 radical (unpaired) electrons. The van der Waals surface area contributed by atoms with Gasteiger partial charge in [-0.05, 0) is 51.1 Å². The number of piperidine rings is 1. The molecule has 0 spiro atoms. The van der Waals surface area contributed by atoms with Crippen LogP contribution in [0, 0.1) is 5.92 Å². The van der Waals surface area contributed by atoms with Crippen molar-refractivity contribution in [3.05, 3.63) is 0 Å². The zero-order valence-corrected chi connectivity index (χ0v) is 14.2. The Labute approximate surface area is 133 Å². The third kappa shape index (κ3) is 3.39. The van der Waals surface area contributed by atoms with Crippen molar-refractivity contribution >= 4 is 21.8 Å². The van der Waals surface area contributed by atoms with Crippen LogP contribution in [0.15, 0.2) is 0 Å². The van der Waals surface area contributed by atoms with Gasteiger partial charge < -0.3 is 0 Å². The van der Waals surface area contributed by atoms with Crippen molar-refractivity contribution in [2.45, 2.75) is 38.1 Å². The molecule has 3 rings (SSSR count). The first kappa shape index (κ1) is 16.0. The van der Waals surface area contributed by atoms with Crippen LogP contribution in [-0.2, 0) is 10.2 Å². The van der Waals surface area contributed by atoms with E-state index in [-0.39, 0.29) is 0 Å². The van der Waals surface area contributed by atoms with E-state index in [1.54, 1.807) is 8.61 Å². The van der Waals surface area contributed by atoms with Crippen LogP contribution in [-0.4, -0.2) is 73.1 Å². The van der Waals surface area contributed by atoms with Gasteiger partial charge in [-0.3, -0.25) is 4.90 Å². The van der Waals surface area contributed by atoms with Gasteiger partial charge in [0.05, 0.1) is 0 Å². The molecule has 3 saturated heterocycles. The van der Waals surface area contributed by atoms with E-state index in [1.165, 1.54) is 6.42 Å². The summed E-state index contributed by atoms with van der Waals surface area (Å²) in [5.74, 6) is 1.13. The normalized spacial score (nSPS) is 31.2. The SMILES string of the molecule is O=S(=O)(N1CCC(CCl)CC1)N1CCCN2CCCC2C1. The molecule has 0 aliphatic carbocycles. The van der Waals surface area contributed by atoms with Crippen LogP contribution < -0.4 is 0 Å². The van der Waals surface area contributed by atoms with Gasteiger partial charge in [-0.15, -0.1) is 11.6 Å². The maximum absolute atomic E-state index is 12.9. The molecule has 5 nitrogen and oxygen atoms in total. The second-order valence-electron chi connectivity index (χ2n) is 6.55. The predicted molar refractivity (Wildman–Crippen MR) is 84.7 cm³/mol. The standard InChI is InChI=1S/C14H26ClN3O2S/c15-11-13-4-9-17(10-5-13)21(19,20)18-8-2-7-16-6-1-3-14(16)12-18/h13-14H,1-12H2. The molecule has 3 aliphatic rings. The van der Waals surface area contributed by atoms with Crippen molar-refractivity contribution in [2.24, 2.45) is 5.92 Å². The fraction of sp³-hybridized carbons (Fsp3) is 1.00. The third-order valence-corrected chi connectivity index (χ3v) is 7.65. The largest absolute Gasteiger partial charge is 0.299 e. The Hall–Kier alpha value is 0.120. The van der Waals surface area contributed by atoms with Gasteiger partial charge in [-0.25, -0.2) is 0 Å². The van der Waals surface area contributed by atoms with Crippen molar-refractivity contribution in [2.75, 3.05) is 45.1 Å². The Morgan fingerprint density at radius 3 is 2.33 bits per heavy atom. The molecule has 0 aromatic heterocycles. The lowest BCUT2D eigenvalue weighted by Gasteiger charge is -2.35. The van der Waals surface area contributed by atoms with Gasteiger partial charge in [0, 0.05) is 38.1 Å². The summed E-state index contributed by atoms with van der Waals surface area (Å²) in [4.78, 5) is 2.47. The average molecular weight is 336 g/mol. The van der Waals surface area contributed by atoms with Crippen LogP contribution >= 0.6 is 11.6 Å². The minimum absolute atomic E-state index is 0.433. The second kappa shape index (κ2) is 6.71. The number of hydrogen-bond acceptors (Lipinski definition) is 3. The average Bonchev–Trinajstić information content (AvgIpc) is 2.84. The van der Waals surface area contributed by atoms with Gasteiger partial charge in [0.1, 0.15) is 0 Å². The maximum Gasteiger partial charge on any atom is 0.282 e. The Bertz CT molecular complexity index is 451. The van der Waals surface area contributed by atoms with E-state index in [1.807, 2.05) is 0 Å². The van der Waals surface area contributed by atoms with Crippen LogP contribution in [0.3, 0.4) is 0 Å². The lowest BCUT2D eigenvalue weighted by molar-refractivity contribution is 0.242. The van der Waals surface area contributed by atoms with Crippen molar-refractivity contribution in [1.29, 1.82) is 0 Å². The summed E-state index contributed by atoms with van der Waals surface area (Å²) in [6.07, 6.45) is 5.09. The van der Waals surface area contributed by atoms with E-state index in [0.29, 0.717) is 44.0 Å². The Balaban J connectivity index is 1.66. The molecular formula is C14H26ClN3O2S. The molecule has 0 N–H and O–H groups in total. The van der Waals surface area contributed by atoms with E-state index in [9.17, 15) is 8.42 Å². The minimum atomic E-state index is -3.28. The van der Waals surface area contributed by atoms with Gasteiger partial charge in [0.25, 0.3) is 10.2 Å². The van der Waals surface area contributed by atoms with E-state index in [2.05, 4.69) is 4.90 Å². The third-order valence-electron chi connectivity index (χ3n) is 5.21. The van der Waals surface area contributed by atoms with Crippen LogP contribution in [0.25, 0.3) is 0 Å². The highest BCUT2D eigenvalue weighted by Crippen LogP contribution is 2.26. The molecular weight excluding hydrogens is 310 g/mol. The van der Waals surface area contributed by atoms with Crippen LogP contribution in [0.1, 0.15) is 32.1 Å². The fourth-order valence-corrected chi connectivity index (χ4v) is 5.87.